The SMILES string of the molecule is CCOc1cc(C2C(C(=O)Nc3ccccn3)=C(C)Nc3nnnn32)ccc1OC(=O)c1ccccc1. The van der Waals surface area contributed by atoms with Gasteiger partial charge in [0.25, 0.3) is 5.91 Å². The van der Waals surface area contributed by atoms with Crippen LogP contribution in [0.15, 0.2) is 84.2 Å². The number of anilines is 2. The summed E-state index contributed by atoms with van der Waals surface area (Å²) in [6, 6.07) is 18.3. The minimum Gasteiger partial charge on any atom is -0.490 e. The molecule has 1 unspecified atom stereocenters. The highest BCUT2D eigenvalue weighted by molar-refractivity contribution is 6.05. The molecule has 11 heteroatoms. The Kier molecular flexibility index (Phi) is 6.58. The molecule has 0 aliphatic carbocycles. The molecule has 11 nitrogen and oxygen atoms in total. The van der Waals surface area contributed by atoms with Crippen LogP contribution in [-0.2, 0) is 4.79 Å². The molecule has 0 spiro atoms. The van der Waals surface area contributed by atoms with E-state index in [4.69, 9.17) is 9.47 Å². The number of carbonyl (C=O) groups excluding carboxylic acids is 2. The number of hydrogen-bond donors (Lipinski definition) is 2. The molecule has 0 radical (unpaired) electrons. The van der Waals surface area contributed by atoms with Crippen LogP contribution in [0.4, 0.5) is 11.8 Å². The summed E-state index contributed by atoms with van der Waals surface area (Å²) >= 11 is 0. The number of allylic oxidation sites excluding steroid dienone is 1. The molecule has 2 N–H and O–H groups in total. The highest BCUT2D eigenvalue weighted by Gasteiger charge is 2.35. The molecule has 1 aliphatic heterocycles. The molecule has 2 aromatic heterocycles. The van der Waals surface area contributed by atoms with Crippen molar-refractivity contribution in [2.24, 2.45) is 0 Å². The zero-order valence-corrected chi connectivity index (χ0v) is 20.1. The average molecular weight is 498 g/mol. The van der Waals surface area contributed by atoms with E-state index >= 15 is 0 Å². The van der Waals surface area contributed by atoms with Gasteiger partial charge < -0.3 is 20.1 Å². The van der Waals surface area contributed by atoms with Crippen molar-refractivity contribution in [1.29, 1.82) is 0 Å². The lowest BCUT2D eigenvalue weighted by atomic mass is 9.94. The maximum absolute atomic E-state index is 13.4. The van der Waals surface area contributed by atoms with E-state index in [2.05, 4.69) is 31.1 Å². The van der Waals surface area contributed by atoms with Gasteiger partial charge in [0.05, 0.1) is 17.7 Å². The molecule has 0 saturated heterocycles. The van der Waals surface area contributed by atoms with Gasteiger partial charge in [0.15, 0.2) is 11.5 Å². The Morgan fingerprint density at radius 1 is 1.05 bits per heavy atom. The molecule has 5 rings (SSSR count). The van der Waals surface area contributed by atoms with Crippen LogP contribution < -0.4 is 20.1 Å². The smallest absolute Gasteiger partial charge is 0.343 e. The highest BCUT2D eigenvalue weighted by atomic mass is 16.6. The van der Waals surface area contributed by atoms with Crippen molar-refractivity contribution < 1.29 is 19.1 Å². The fourth-order valence-electron chi connectivity index (χ4n) is 4.02. The number of aromatic nitrogens is 5. The maximum atomic E-state index is 13.4. The van der Waals surface area contributed by atoms with E-state index in [1.165, 1.54) is 4.68 Å². The number of hydrogen-bond acceptors (Lipinski definition) is 9. The Bertz CT molecular complexity index is 1470. The molecule has 0 bridgehead atoms. The summed E-state index contributed by atoms with van der Waals surface area (Å²) in [6.45, 7) is 3.94. The molecular weight excluding hydrogens is 474 g/mol. The second kappa shape index (κ2) is 10.3. The maximum Gasteiger partial charge on any atom is 0.343 e. The molecule has 1 aliphatic rings. The van der Waals surface area contributed by atoms with Crippen LogP contribution in [0.3, 0.4) is 0 Å². The summed E-state index contributed by atoms with van der Waals surface area (Å²) < 4.78 is 13.0. The van der Waals surface area contributed by atoms with Crippen molar-refractivity contribution in [3.8, 4) is 11.5 Å². The van der Waals surface area contributed by atoms with Crippen molar-refractivity contribution in [1.82, 2.24) is 25.2 Å². The first-order valence-corrected chi connectivity index (χ1v) is 11.6. The fraction of sp³-hybridized carbons (Fsp3) is 0.154. The van der Waals surface area contributed by atoms with Gasteiger partial charge in [0.2, 0.25) is 5.95 Å². The van der Waals surface area contributed by atoms with Gasteiger partial charge in [-0.25, -0.2) is 9.78 Å². The van der Waals surface area contributed by atoms with Gasteiger partial charge in [0, 0.05) is 11.9 Å². The van der Waals surface area contributed by atoms with Crippen molar-refractivity contribution >= 4 is 23.6 Å². The largest absolute Gasteiger partial charge is 0.490 e. The van der Waals surface area contributed by atoms with E-state index in [1.54, 1.807) is 73.8 Å². The molecule has 37 heavy (non-hydrogen) atoms. The van der Waals surface area contributed by atoms with Gasteiger partial charge in [-0.05, 0) is 66.2 Å². The number of nitrogens with zero attached hydrogens (tertiary/aromatic N) is 5. The number of nitrogens with one attached hydrogen (secondary N) is 2. The minimum absolute atomic E-state index is 0.255. The molecule has 2 aromatic carbocycles. The van der Waals surface area contributed by atoms with Crippen LogP contribution in [0.25, 0.3) is 0 Å². The monoisotopic (exact) mass is 497 g/mol. The third-order valence-corrected chi connectivity index (χ3v) is 5.66. The lowest BCUT2D eigenvalue weighted by Gasteiger charge is -2.28. The predicted molar refractivity (Wildman–Crippen MR) is 134 cm³/mol. The van der Waals surface area contributed by atoms with Crippen molar-refractivity contribution in [2.75, 3.05) is 17.2 Å². The van der Waals surface area contributed by atoms with E-state index in [-0.39, 0.29) is 11.7 Å². The first-order valence-electron chi connectivity index (χ1n) is 11.6. The van der Waals surface area contributed by atoms with Crippen LogP contribution in [0, 0.1) is 0 Å². The summed E-state index contributed by atoms with van der Waals surface area (Å²) in [6.07, 6.45) is 1.59. The van der Waals surface area contributed by atoms with Crippen molar-refractivity contribution in [2.45, 2.75) is 19.9 Å². The molecular formula is C26H23N7O4. The normalized spacial score (nSPS) is 14.4. The second-order valence-corrected chi connectivity index (χ2v) is 8.08. The Labute approximate surface area is 212 Å². The fourth-order valence-corrected chi connectivity index (χ4v) is 4.02. The molecule has 1 amide bonds. The molecule has 1 atom stereocenters. The van der Waals surface area contributed by atoms with Crippen molar-refractivity contribution in [3.05, 3.63) is 95.3 Å². The van der Waals surface area contributed by atoms with E-state index in [1.807, 2.05) is 13.0 Å². The zero-order chi connectivity index (χ0) is 25.8. The Balaban J connectivity index is 1.52. The predicted octanol–water partition coefficient (Wildman–Crippen LogP) is 3.61. The number of pyridine rings is 1. The summed E-state index contributed by atoms with van der Waals surface area (Å²) in [7, 11) is 0. The molecule has 3 heterocycles. The van der Waals surface area contributed by atoms with E-state index in [9.17, 15) is 9.59 Å². The first kappa shape index (κ1) is 23.7. The molecule has 0 fully saturated rings. The average Bonchev–Trinajstić information content (AvgIpc) is 3.38. The number of tetrazole rings is 1. The minimum atomic E-state index is -0.687. The van der Waals surface area contributed by atoms with E-state index in [0.29, 0.717) is 46.5 Å². The molecule has 0 saturated carbocycles. The Hall–Kier alpha value is -5.06. The van der Waals surface area contributed by atoms with Crippen LogP contribution in [0.2, 0.25) is 0 Å². The number of benzene rings is 2. The summed E-state index contributed by atoms with van der Waals surface area (Å²) in [4.78, 5) is 30.3. The third-order valence-electron chi connectivity index (χ3n) is 5.66. The highest BCUT2D eigenvalue weighted by Crippen LogP contribution is 2.39. The number of esters is 1. The van der Waals surface area contributed by atoms with Gasteiger partial charge in [-0.15, -0.1) is 0 Å². The van der Waals surface area contributed by atoms with Crippen molar-refractivity contribution in [3.63, 3.8) is 0 Å². The summed E-state index contributed by atoms with van der Waals surface area (Å²) in [5, 5.41) is 17.8. The topological polar surface area (TPSA) is 133 Å². The van der Waals surface area contributed by atoms with Gasteiger partial charge in [-0.1, -0.05) is 35.4 Å². The quantitative estimate of drug-likeness (QED) is 0.290. The lowest BCUT2D eigenvalue weighted by molar-refractivity contribution is -0.113. The number of fused-ring (bicyclic) bond motifs is 1. The van der Waals surface area contributed by atoms with Crippen LogP contribution in [0.5, 0.6) is 11.5 Å². The Morgan fingerprint density at radius 2 is 1.86 bits per heavy atom. The zero-order valence-electron chi connectivity index (χ0n) is 20.1. The van der Waals surface area contributed by atoms with Crippen LogP contribution in [0.1, 0.15) is 35.8 Å². The standard InChI is InChI=1S/C26H23N7O4/c1-3-36-20-15-18(12-13-19(20)37-25(35)17-9-5-4-6-10-17)23-22(16(2)28-26-30-31-32-33(23)26)24(34)29-21-11-7-8-14-27-21/h4-15,23H,3H2,1-2H3,(H,27,29,34)(H,28,30,32). The number of carbonyl (C=O) groups is 2. The van der Waals surface area contributed by atoms with Gasteiger partial charge in [0.1, 0.15) is 11.9 Å². The third kappa shape index (κ3) is 4.87. The van der Waals surface area contributed by atoms with E-state index in [0.717, 1.165) is 0 Å². The van der Waals surface area contributed by atoms with E-state index < -0.39 is 12.0 Å². The number of amides is 1. The first-order chi connectivity index (χ1) is 18.0. The number of ether oxygens (including phenoxy) is 2. The summed E-state index contributed by atoms with van der Waals surface area (Å²) in [5.41, 5.74) is 2.04. The van der Waals surface area contributed by atoms with Gasteiger partial charge in [-0.2, -0.15) is 4.68 Å². The number of rotatable bonds is 7. The molecule has 186 valence electrons. The summed E-state index contributed by atoms with van der Waals surface area (Å²) in [5.74, 6) is 0.518. The Morgan fingerprint density at radius 3 is 2.62 bits per heavy atom. The second-order valence-electron chi connectivity index (χ2n) is 8.08. The van der Waals surface area contributed by atoms with Crippen LogP contribution in [-0.4, -0.2) is 43.7 Å². The van der Waals surface area contributed by atoms with Gasteiger partial charge in [-0.3, -0.25) is 4.79 Å². The van der Waals surface area contributed by atoms with Gasteiger partial charge >= 0.3 is 5.97 Å². The van der Waals surface area contributed by atoms with Crippen LogP contribution >= 0.6 is 0 Å². The lowest BCUT2D eigenvalue weighted by Crippen LogP contribution is -2.31. The molecule has 4 aromatic rings.